The van der Waals surface area contributed by atoms with Crippen molar-refractivity contribution in [2.45, 2.75) is 71.3 Å². The van der Waals surface area contributed by atoms with Gasteiger partial charge in [0.15, 0.2) is 11.5 Å². The Bertz CT molecular complexity index is 996. The van der Waals surface area contributed by atoms with Gasteiger partial charge in [0, 0.05) is 30.1 Å². The lowest BCUT2D eigenvalue weighted by Crippen LogP contribution is -2.30. The smallest absolute Gasteiger partial charge is 0.204 e. The zero-order valence-electron chi connectivity index (χ0n) is 20.8. The topological polar surface area (TPSA) is 39.7 Å². The number of hydrogen-bond donors (Lipinski definition) is 1. The third-order valence-corrected chi connectivity index (χ3v) is 7.14. The summed E-state index contributed by atoms with van der Waals surface area (Å²) in [6.45, 7) is 13.1. The first-order valence-corrected chi connectivity index (χ1v) is 12.7. The van der Waals surface area contributed by atoms with Gasteiger partial charge in [0.25, 0.3) is 0 Å². The lowest BCUT2D eigenvalue weighted by Gasteiger charge is -2.23. The fourth-order valence-corrected chi connectivity index (χ4v) is 5.18. The second-order valence-corrected chi connectivity index (χ2v) is 9.72. The van der Waals surface area contributed by atoms with Crippen molar-refractivity contribution >= 4 is 5.57 Å². The van der Waals surface area contributed by atoms with Crippen molar-refractivity contribution in [3.63, 3.8) is 0 Å². The molecule has 0 amide bonds. The van der Waals surface area contributed by atoms with Gasteiger partial charge in [-0.15, -0.1) is 0 Å². The van der Waals surface area contributed by atoms with Crippen molar-refractivity contribution in [1.82, 2.24) is 5.32 Å². The molecule has 4 rings (SSSR count). The quantitative estimate of drug-likeness (QED) is 0.379. The van der Waals surface area contributed by atoms with Crippen LogP contribution in [0.3, 0.4) is 0 Å². The first-order valence-electron chi connectivity index (χ1n) is 12.7. The molecule has 184 valence electrons. The molecule has 5 heteroatoms. The zero-order chi connectivity index (χ0) is 24.1. The molecule has 1 aliphatic heterocycles. The van der Waals surface area contributed by atoms with Crippen LogP contribution in [0, 0.1) is 12.7 Å². The van der Waals surface area contributed by atoms with Gasteiger partial charge in [0.1, 0.15) is 12.4 Å². The number of allylic oxidation sites excluding steroid dienone is 1. The van der Waals surface area contributed by atoms with Crippen LogP contribution in [0.25, 0.3) is 5.57 Å². The molecule has 0 spiro atoms. The molecular formula is C29H38FNO3. The molecule has 2 aliphatic rings. The van der Waals surface area contributed by atoms with E-state index < -0.39 is 0 Å². The molecule has 0 aromatic heterocycles. The van der Waals surface area contributed by atoms with Gasteiger partial charge in [0.05, 0.1) is 13.2 Å². The summed E-state index contributed by atoms with van der Waals surface area (Å²) < 4.78 is 32.1. The van der Waals surface area contributed by atoms with Crippen molar-refractivity contribution in [3.8, 4) is 17.2 Å². The summed E-state index contributed by atoms with van der Waals surface area (Å²) in [5, 5.41) is 3.62. The fourth-order valence-electron chi connectivity index (χ4n) is 5.18. The molecule has 1 fully saturated rings. The van der Waals surface area contributed by atoms with Gasteiger partial charge in [-0.2, -0.15) is 0 Å². The minimum absolute atomic E-state index is 0.212. The number of hydrogen-bond acceptors (Lipinski definition) is 4. The SMILES string of the molecule is C=C(C)c1c(C)c2c(c(OCCC(C)c3ccc(F)cc3)c1OCCNC1CCCC1)OCC2. The van der Waals surface area contributed by atoms with Gasteiger partial charge in [0.2, 0.25) is 5.75 Å². The molecule has 1 N–H and O–H groups in total. The van der Waals surface area contributed by atoms with Crippen LogP contribution in [0.4, 0.5) is 4.39 Å². The molecule has 34 heavy (non-hydrogen) atoms. The van der Waals surface area contributed by atoms with E-state index in [9.17, 15) is 4.39 Å². The first-order chi connectivity index (χ1) is 16.5. The van der Waals surface area contributed by atoms with Crippen LogP contribution in [-0.4, -0.2) is 32.4 Å². The van der Waals surface area contributed by atoms with Crippen LogP contribution in [0.5, 0.6) is 17.2 Å². The van der Waals surface area contributed by atoms with Gasteiger partial charge in [-0.3, -0.25) is 0 Å². The van der Waals surface area contributed by atoms with Crippen molar-refractivity contribution in [2.75, 3.05) is 26.4 Å². The molecule has 1 atom stereocenters. The number of halogens is 1. The maximum Gasteiger partial charge on any atom is 0.204 e. The lowest BCUT2D eigenvalue weighted by atomic mass is 9.94. The molecule has 4 nitrogen and oxygen atoms in total. The molecule has 0 bridgehead atoms. The summed E-state index contributed by atoms with van der Waals surface area (Å²) in [7, 11) is 0. The number of rotatable bonds is 11. The standard InChI is InChI=1S/C29H38FNO3/c1-19(2)26-21(4)25-14-17-32-27(25)29(28(26)34-18-15-31-24-7-5-6-8-24)33-16-13-20(3)22-9-11-23(30)12-10-22/h9-12,20,24,31H,1,5-8,13-18H2,2-4H3. The highest BCUT2D eigenvalue weighted by molar-refractivity contribution is 5.78. The van der Waals surface area contributed by atoms with E-state index in [1.54, 1.807) is 0 Å². The Morgan fingerprint density at radius 2 is 1.85 bits per heavy atom. The number of nitrogens with one attached hydrogen (secondary N) is 1. The summed E-state index contributed by atoms with van der Waals surface area (Å²) in [6, 6.07) is 7.32. The highest BCUT2D eigenvalue weighted by atomic mass is 19.1. The normalized spacial score (nSPS) is 16.2. The highest BCUT2D eigenvalue weighted by Crippen LogP contribution is 2.49. The van der Waals surface area contributed by atoms with Gasteiger partial charge >= 0.3 is 0 Å². The molecule has 0 saturated heterocycles. The Morgan fingerprint density at radius 1 is 1.15 bits per heavy atom. The molecule has 2 aromatic carbocycles. The van der Waals surface area contributed by atoms with Gasteiger partial charge in [-0.05, 0) is 67.9 Å². The molecule has 0 radical (unpaired) electrons. The Balaban J connectivity index is 1.50. The van der Waals surface area contributed by atoms with Gasteiger partial charge in [-0.1, -0.05) is 38.5 Å². The third-order valence-electron chi connectivity index (χ3n) is 7.14. The van der Waals surface area contributed by atoms with Gasteiger partial charge < -0.3 is 19.5 Å². The summed E-state index contributed by atoms with van der Waals surface area (Å²) in [5.41, 5.74) is 5.47. The molecule has 2 aromatic rings. The Morgan fingerprint density at radius 3 is 2.56 bits per heavy atom. The van der Waals surface area contributed by atoms with Crippen molar-refractivity contribution < 1.29 is 18.6 Å². The van der Waals surface area contributed by atoms with Crippen molar-refractivity contribution in [1.29, 1.82) is 0 Å². The summed E-state index contributed by atoms with van der Waals surface area (Å²) in [5.74, 6) is 2.30. The van der Waals surface area contributed by atoms with Gasteiger partial charge in [-0.25, -0.2) is 4.39 Å². The molecule has 1 saturated carbocycles. The Kier molecular flexibility index (Phi) is 8.15. The Labute approximate surface area is 203 Å². The molecular weight excluding hydrogens is 429 g/mol. The zero-order valence-corrected chi connectivity index (χ0v) is 20.8. The van der Waals surface area contributed by atoms with Crippen LogP contribution in [0.15, 0.2) is 30.8 Å². The average molecular weight is 468 g/mol. The van der Waals surface area contributed by atoms with Crippen LogP contribution in [0.1, 0.15) is 74.1 Å². The van der Waals surface area contributed by atoms with Crippen LogP contribution in [-0.2, 0) is 6.42 Å². The predicted octanol–water partition coefficient (Wildman–Crippen LogP) is 6.59. The minimum atomic E-state index is -0.212. The monoisotopic (exact) mass is 467 g/mol. The van der Waals surface area contributed by atoms with E-state index in [0.717, 1.165) is 47.6 Å². The van der Waals surface area contributed by atoms with E-state index in [1.165, 1.54) is 48.9 Å². The van der Waals surface area contributed by atoms with Crippen LogP contribution >= 0.6 is 0 Å². The summed E-state index contributed by atoms with van der Waals surface area (Å²) in [6.07, 6.45) is 6.81. The summed E-state index contributed by atoms with van der Waals surface area (Å²) >= 11 is 0. The van der Waals surface area contributed by atoms with Crippen molar-refractivity contribution in [3.05, 3.63) is 58.9 Å². The van der Waals surface area contributed by atoms with E-state index in [0.29, 0.717) is 31.6 Å². The average Bonchev–Trinajstić information content (AvgIpc) is 3.51. The maximum absolute atomic E-state index is 13.3. The van der Waals surface area contributed by atoms with E-state index in [1.807, 2.05) is 19.1 Å². The number of fused-ring (bicyclic) bond motifs is 1. The van der Waals surface area contributed by atoms with E-state index >= 15 is 0 Å². The predicted molar refractivity (Wildman–Crippen MR) is 136 cm³/mol. The maximum atomic E-state index is 13.3. The van der Waals surface area contributed by atoms with E-state index in [2.05, 4.69) is 25.7 Å². The molecule has 1 heterocycles. The second-order valence-electron chi connectivity index (χ2n) is 9.72. The Hall–Kier alpha value is -2.53. The second kappa shape index (κ2) is 11.3. The summed E-state index contributed by atoms with van der Waals surface area (Å²) in [4.78, 5) is 0. The van der Waals surface area contributed by atoms with E-state index in [-0.39, 0.29) is 11.7 Å². The molecule has 1 unspecified atom stereocenters. The largest absolute Gasteiger partial charge is 0.489 e. The third kappa shape index (κ3) is 5.57. The van der Waals surface area contributed by atoms with E-state index in [4.69, 9.17) is 14.2 Å². The minimum Gasteiger partial charge on any atom is -0.489 e. The first kappa shape index (κ1) is 24.6. The fraction of sp³-hybridized carbons (Fsp3) is 0.517. The number of benzene rings is 2. The molecule has 1 aliphatic carbocycles. The highest BCUT2D eigenvalue weighted by Gasteiger charge is 2.29. The lowest BCUT2D eigenvalue weighted by molar-refractivity contribution is 0.243. The van der Waals surface area contributed by atoms with Crippen molar-refractivity contribution in [2.24, 2.45) is 0 Å². The number of ether oxygens (including phenoxy) is 3. The van der Waals surface area contributed by atoms with Crippen LogP contribution < -0.4 is 19.5 Å². The van der Waals surface area contributed by atoms with Crippen LogP contribution in [0.2, 0.25) is 0 Å².